The lowest BCUT2D eigenvalue weighted by molar-refractivity contribution is -0.116. The van der Waals surface area contributed by atoms with Gasteiger partial charge >= 0.3 is 0 Å². The number of carbonyl (C=O) groups is 2. The van der Waals surface area contributed by atoms with Crippen LogP contribution in [0, 0.1) is 22.7 Å². The quantitative estimate of drug-likeness (QED) is 0.334. The zero-order valence-electron chi connectivity index (χ0n) is 20.6. The van der Waals surface area contributed by atoms with E-state index in [1.165, 1.54) is 23.1 Å². The number of Topliss-reactive ketones (excluding diaryl/α,β-unsaturated/α-hetero) is 1. The highest BCUT2D eigenvalue weighted by Gasteiger charge is 2.42. The van der Waals surface area contributed by atoms with Gasteiger partial charge in [-0.05, 0) is 36.6 Å². The number of anilines is 2. The molecule has 13 heteroatoms. The first-order chi connectivity index (χ1) is 19.3. The molecule has 2 aromatic carbocycles. The fraction of sp³-hybridized carbons (Fsp3) is 0.185. The molecule has 2 heterocycles. The predicted molar refractivity (Wildman–Crippen MR) is 155 cm³/mol. The van der Waals surface area contributed by atoms with E-state index >= 15 is 0 Å². The Hall–Kier alpha value is -3.87. The van der Waals surface area contributed by atoms with Gasteiger partial charge in [0.2, 0.25) is 11.0 Å². The maximum atomic E-state index is 13.3. The number of thioether (sulfide) groups is 1. The summed E-state index contributed by atoms with van der Waals surface area (Å²) in [7, 11) is 0. The van der Waals surface area contributed by atoms with Gasteiger partial charge in [0.15, 0.2) is 10.1 Å². The smallest absolute Gasteiger partial charge is 0.234 e. The number of nitrogens with zero attached hydrogens (tertiary/aromatic N) is 5. The van der Waals surface area contributed by atoms with Gasteiger partial charge in [-0.3, -0.25) is 14.5 Å². The highest BCUT2D eigenvalue weighted by Crippen LogP contribution is 2.49. The zero-order valence-corrected chi connectivity index (χ0v) is 23.8. The molecule has 1 unspecified atom stereocenters. The summed E-state index contributed by atoms with van der Waals surface area (Å²) in [6.07, 6.45) is 1.49. The molecule has 0 saturated heterocycles. The van der Waals surface area contributed by atoms with Gasteiger partial charge in [0.05, 0.1) is 44.6 Å². The number of para-hydroxylation sites is 1. The van der Waals surface area contributed by atoms with Crippen molar-refractivity contribution in [3.8, 4) is 12.1 Å². The molecule has 3 aromatic rings. The van der Waals surface area contributed by atoms with Crippen LogP contribution in [0.1, 0.15) is 36.3 Å². The van der Waals surface area contributed by atoms with E-state index < -0.39 is 5.92 Å². The van der Waals surface area contributed by atoms with Crippen LogP contribution in [0.4, 0.5) is 10.8 Å². The number of halogens is 2. The first-order valence-corrected chi connectivity index (χ1v) is 14.5. The molecule has 2 aliphatic rings. The minimum absolute atomic E-state index is 0.0327. The third-order valence-corrected chi connectivity index (χ3v) is 9.32. The van der Waals surface area contributed by atoms with Crippen molar-refractivity contribution in [2.75, 3.05) is 16.0 Å². The van der Waals surface area contributed by atoms with E-state index in [2.05, 4.69) is 21.6 Å². The van der Waals surface area contributed by atoms with E-state index in [9.17, 15) is 20.1 Å². The number of carbonyl (C=O) groups excluding carboxylic acids is 2. The second-order valence-electron chi connectivity index (χ2n) is 8.80. The summed E-state index contributed by atoms with van der Waals surface area (Å²) in [6, 6.07) is 16.1. The SMILES string of the molecule is N#CC1=C(N)N(c2nnc(SCC(=O)Nc3ccccc3C#N)s2)C2=C(C(=O)CCC2)C1c1cccc(Cl)c1Cl. The van der Waals surface area contributed by atoms with Crippen molar-refractivity contribution in [3.63, 3.8) is 0 Å². The molecule has 1 aliphatic carbocycles. The van der Waals surface area contributed by atoms with Gasteiger partial charge in [0, 0.05) is 17.7 Å². The molecule has 1 amide bonds. The molecule has 200 valence electrons. The Morgan fingerprint density at radius 3 is 2.73 bits per heavy atom. The summed E-state index contributed by atoms with van der Waals surface area (Å²) in [5, 5.41) is 31.6. The molecule has 0 saturated carbocycles. The molecule has 0 bridgehead atoms. The molecule has 9 nitrogen and oxygen atoms in total. The van der Waals surface area contributed by atoms with Crippen LogP contribution in [0.25, 0.3) is 0 Å². The van der Waals surface area contributed by atoms with Crippen molar-refractivity contribution in [3.05, 3.63) is 86.3 Å². The summed E-state index contributed by atoms with van der Waals surface area (Å²) in [6.45, 7) is 0. The zero-order chi connectivity index (χ0) is 28.4. The number of nitrogens with one attached hydrogen (secondary N) is 1. The van der Waals surface area contributed by atoms with Crippen LogP contribution in [0.2, 0.25) is 10.0 Å². The molecule has 3 N–H and O–H groups in total. The van der Waals surface area contributed by atoms with Crippen molar-refractivity contribution < 1.29 is 9.59 Å². The van der Waals surface area contributed by atoms with E-state index in [4.69, 9.17) is 28.9 Å². The van der Waals surface area contributed by atoms with E-state index in [0.717, 1.165) is 0 Å². The Morgan fingerprint density at radius 1 is 1.15 bits per heavy atom. The fourth-order valence-corrected chi connectivity index (χ4v) is 6.81. The minimum Gasteiger partial charge on any atom is -0.384 e. The molecule has 0 radical (unpaired) electrons. The predicted octanol–water partition coefficient (Wildman–Crippen LogP) is 5.75. The molecule has 1 atom stereocenters. The summed E-state index contributed by atoms with van der Waals surface area (Å²) < 4.78 is 0.495. The van der Waals surface area contributed by atoms with Crippen molar-refractivity contribution in [2.24, 2.45) is 5.73 Å². The Morgan fingerprint density at radius 2 is 1.95 bits per heavy atom. The third kappa shape index (κ3) is 5.17. The highest BCUT2D eigenvalue weighted by molar-refractivity contribution is 8.01. The number of aromatic nitrogens is 2. The number of rotatable bonds is 6. The van der Waals surface area contributed by atoms with Gasteiger partial charge in [-0.15, -0.1) is 10.2 Å². The van der Waals surface area contributed by atoms with Gasteiger partial charge in [-0.25, -0.2) is 0 Å². The summed E-state index contributed by atoms with van der Waals surface area (Å²) >= 11 is 15.2. The topological polar surface area (TPSA) is 149 Å². The van der Waals surface area contributed by atoms with E-state index in [1.54, 1.807) is 47.4 Å². The number of allylic oxidation sites excluding steroid dienone is 3. The molecule has 5 rings (SSSR count). The van der Waals surface area contributed by atoms with Crippen LogP contribution in [-0.4, -0.2) is 27.6 Å². The summed E-state index contributed by atoms with van der Waals surface area (Å²) in [5.74, 6) is -0.989. The lowest BCUT2D eigenvalue weighted by Gasteiger charge is -2.38. The van der Waals surface area contributed by atoms with Gasteiger partial charge in [0.1, 0.15) is 11.9 Å². The van der Waals surface area contributed by atoms with Crippen molar-refractivity contribution >= 4 is 68.8 Å². The molecule has 0 fully saturated rings. The monoisotopic (exact) mass is 607 g/mol. The lowest BCUT2D eigenvalue weighted by Crippen LogP contribution is -2.38. The number of hydrogen-bond acceptors (Lipinski definition) is 10. The van der Waals surface area contributed by atoms with Crippen LogP contribution in [-0.2, 0) is 9.59 Å². The highest BCUT2D eigenvalue weighted by atomic mass is 35.5. The summed E-state index contributed by atoms with van der Waals surface area (Å²) in [4.78, 5) is 27.4. The normalized spacial score (nSPS) is 16.9. The van der Waals surface area contributed by atoms with Crippen molar-refractivity contribution in [2.45, 2.75) is 29.5 Å². The number of nitrogens with two attached hydrogens (primary N) is 1. The number of hydrogen-bond donors (Lipinski definition) is 2. The van der Waals surface area contributed by atoms with Gasteiger partial charge in [0.25, 0.3) is 0 Å². The standard InChI is InChI=1S/C27H19Cl2N7O2S2/c28-17-7-3-6-15(24(17)29)22-16(12-31)25(32)36(19-9-4-10-20(37)23(19)22)26-34-35-27(40-26)39-13-21(38)33-18-8-2-1-5-14(18)11-30/h1-3,5-8,22H,4,9-10,13,32H2,(H,33,38). The average Bonchev–Trinajstić information content (AvgIpc) is 3.42. The molecule has 0 spiro atoms. The number of benzene rings is 2. The maximum Gasteiger partial charge on any atom is 0.234 e. The van der Waals surface area contributed by atoms with Crippen molar-refractivity contribution in [1.29, 1.82) is 10.5 Å². The maximum absolute atomic E-state index is 13.3. The van der Waals surface area contributed by atoms with Crippen LogP contribution >= 0.6 is 46.3 Å². The Balaban J connectivity index is 1.44. The van der Waals surface area contributed by atoms with Gasteiger partial charge in [-0.2, -0.15) is 10.5 Å². The van der Waals surface area contributed by atoms with Crippen LogP contribution in [0.5, 0.6) is 0 Å². The van der Waals surface area contributed by atoms with Gasteiger partial charge < -0.3 is 11.1 Å². The van der Waals surface area contributed by atoms with Gasteiger partial charge in [-0.1, -0.05) is 70.6 Å². The molecular weight excluding hydrogens is 589 g/mol. The lowest BCUT2D eigenvalue weighted by atomic mass is 9.76. The van der Waals surface area contributed by atoms with Crippen LogP contribution < -0.4 is 16.0 Å². The molecule has 1 aliphatic heterocycles. The second kappa shape index (κ2) is 11.7. The Labute approximate surface area is 247 Å². The van der Waals surface area contributed by atoms with Crippen molar-refractivity contribution in [1.82, 2.24) is 10.2 Å². The average molecular weight is 609 g/mol. The number of nitriles is 2. The molecular formula is C27H19Cl2N7O2S2. The van der Waals surface area contributed by atoms with E-state index in [-0.39, 0.29) is 33.9 Å². The molecule has 1 aromatic heterocycles. The third-order valence-electron chi connectivity index (χ3n) is 6.44. The second-order valence-corrected chi connectivity index (χ2v) is 11.8. The first kappa shape index (κ1) is 27.7. The summed E-state index contributed by atoms with van der Waals surface area (Å²) in [5.41, 5.74) is 9.17. The largest absolute Gasteiger partial charge is 0.384 e. The van der Waals surface area contributed by atoms with Crippen LogP contribution in [0.3, 0.4) is 0 Å². The first-order valence-electron chi connectivity index (χ1n) is 12.0. The number of ketones is 1. The van der Waals surface area contributed by atoms with E-state index in [1.807, 2.05) is 6.07 Å². The van der Waals surface area contributed by atoms with E-state index in [0.29, 0.717) is 61.8 Å². The Kier molecular flexibility index (Phi) is 8.10. The minimum atomic E-state index is -0.753. The number of amides is 1. The Bertz CT molecular complexity index is 1690. The van der Waals surface area contributed by atoms with Crippen LogP contribution in [0.15, 0.2) is 69.5 Å². The fourth-order valence-electron chi connectivity index (χ4n) is 4.71. The molecule has 40 heavy (non-hydrogen) atoms.